The first-order chi connectivity index (χ1) is 8.67. The Morgan fingerprint density at radius 3 is 1.89 bits per heavy atom. The van der Waals surface area contributed by atoms with E-state index in [1.807, 2.05) is 24.3 Å². The molecule has 0 N–H and O–H groups in total. The average Bonchev–Trinajstić information content (AvgIpc) is 2.36. The second-order valence-corrected chi connectivity index (χ2v) is 4.35. The molecular weight excluding hydrogens is 220 g/mol. The molecule has 0 aliphatic rings. The van der Waals surface area contributed by atoms with E-state index in [2.05, 4.69) is 43.9 Å². The second kappa shape index (κ2) is 5.42. The lowest BCUT2D eigenvalue weighted by Gasteiger charge is -1.98. The molecule has 18 heavy (non-hydrogen) atoms. The van der Waals surface area contributed by atoms with Crippen molar-refractivity contribution in [3.05, 3.63) is 64.7 Å². The van der Waals surface area contributed by atoms with Gasteiger partial charge >= 0.3 is 0 Å². The molecule has 0 unspecified atom stereocenters. The molecule has 0 aliphatic carbocycles. The van der Waals surface area contributed by atoms with E-state index >= 15 is 0 Å². The summed E-state index contributed by atoms with van der Waals surface area (Å²) in [6.07, 6.45) is 0. The van der Waals surface area contributed by atoms with Gasteiger partial charge in [0.15, 0.2) is 0 Å². The molecule has 2 rings (SSSR count). The lowest BCUT2D eigenvalue weighted by Crippen LogP contribution is -1.83. The van der Waals surface area contributed by atoms with Crippen molar-refractivity contribution in [1.82, 2.24) is 0 Å². The predicted octanol–water partition coefficient (Wildman–Crippen LogP) is 3.71. The zero-order chi connectivity index (χ0) is 13.0. The third-order valence-electron chi connectivity index (χ3n) is 2.66. The highest BCUT2D eigenvalue weighted by molar-refractivity contribution is 5.46. The number of hydrogen-bond acceptors (Lipinski definition) is 1. The molecule has 1 heteroatoms. The average molecular weight is 236 g/mol. The van der Waals surface area contributed by atoms with Crippen molar-refractivity contribution >= 4 is 0 Å². The van der Waals surface area contributed by atoms with Gasteiger partial charge in [0.1, 0.15) is 5.75 Å². The number of methoxy groups -OCH3 is 1. The highest BCUT2D eigenvalue weighted by atomic mass is 16.5. The molecule has 0 atom stereocenters. The van der Waals surface area contributed by atoms with Crippen molar-refractivity contribution in [3.63, 3.8) is 0 Å². The summed E-state index contributed by atoms with van der Waals surface area (Å²) in [5, 5.41) is 0. The first-order valence-electron chi connectivity index (χ1n) is 5.92. The normalized spacial score (nSPS) is 9.50. The van der Waals surface area contributed by atoms with Crippen molar-refractivity contribution in [3.8, 4) is 17.6 Å². The van der Waals surface area contributed by atoms with Crippen molar-refractivity contribution in [2.45, 2.75) is 13.8 Å². The van der Waals surface area contributed by atoms with Crippen LogP contribution in [0.3, 0.4) is 0 Å². The Kier molecular flexibility index (Phi) is 3.69. The predicted molar refractivity (Wildman–Crippen MR) is 74.9 cm³/mol. The third-order valence-corrected chi connectivity index (χ3v) is 2.66. The van der Waals surface area contributed by atoms with Gasteiger partial charge in [-0.25, -0.2) is 0 Å². The Balaban J connectivity index is 2.25. The number of ether oxygens (including phenoxy) is 1. The van der Waals surface area contributed by atoms with Crippen molar-refractivity contribution in [1.29, 1.82) is 0 Å². The van der Waals surface area contributed by atoms with Gasteiger partial charge in [-0.3, -0.25) is 0 Å². The van der Waals surface area contributed by atoms with E-state index in [1.165, 1.54) is 11.1 Å². The summed E-state index contributed by atoms with van der Waals surface area (Å²) in [5.41, 5.74) is 4.54. The summed E-state index contributed by atoms with van der Waals surface area (Å²) in [6, 6.07) is 14.1. The number of benzene rings is 2. The SMILES string of the molecule is COc1ccc(C#Cc2cc(C)cc(C)c2)cc1. The summed E-state index contributed by atoms with van der Waals surface area (Å²) in [5.74, 6) is 7.20. The van der Waals surface area contributed by atoms with Gasteiger partial charge < -0.3 is 4.74 Å². The Hall–Kier alpha value is -2.20. The van der Waals surface area contributed by atoms with Crippen molar-refractivity contribution in [2.24, 2.45) is 0 Å². The van der Waals surface area contributed by atoms with Crippen molar-refractivity contribution < 1.29 is 4.74 Å². The minimum atomic E-state index is 0.854. The summed E-state index contributed by atoms with van der Waals surface area (Å²) >= 11 is 0. The molecule has 2 aromatic rings. The maximum absolute atomic E-state index is 5.12. The zero-order valence-electron chi connectivity index (χ0n) is 10.9. The smallest absolute Gasteiger partial charge is 0.118 e. The molecule has 0 fully saturated rings. The molecule has 0 saturated carbocycles. The van der Waals surface area contributed by atoms with E-state index in [9.17, 15) is 0 Å². The molecule has 0 amide bonds. The van der Waals surface area contributed by atoms with Gasteiger partial charge in [0.25, 0.3) is 0 Å². The van der Waals surface area contributed by atoms with E-state index in [4.69, 9.17) is 4.74 Å². The van der Waals surface area contributed by atoms with Crippen LogP contribution in [0, 0.1) is 25.7 Å². The van der Waals surface area contributed by atoms with Crippen LogP contribution >= 0.6 is 0 Å². The van der Waals surface area contributed by atoms with Gasteiger partial charge in [-0.15, -0.1) is 0 Å². The van der Waals surface area contributed by atoms with Crippen molar-refractivity contribution in [2.75, 3.05) is 7.11 Å². The fourth-order valence-corrected chi connectivity index (χ4v) is 1.87. The van der Waals surface area contributed by atoms with E-state index in [0.717, 1.165) is 16.9 Å². The second-order valence-electron chi connectivity index (χ2n) is 4.35. The van der Waals surface area contributed by atoms with Gasteiger partial charge in [-0.2, -0.15) is 0 Å². The Bertz CT molecular complexity index is 577. The molecule has 0 radical (unpaired) electrons. The van der Waals surface area contributed by atoms with Crippen LogP contribution < -0.4 is 4.74 Å². The number of rotatable bonds is 1. The van der Waals surface area contributed by atoms with Gasteiger partial charge in [0, 0.05) is 11.1 Å². The van der Waals surface area contributed by atoms with Crippen LogP contribution in [0.5, 0.6) is 5.75 Å². The lowest BCUT2D eigenvalue weighted by molar-refractivity contribution is 0.415. The molecule has 0 heterocycles. The van der Waals surface area contributed by atoms with E-state index in [1.54, 1.807) is 7.11 Å². The fourth-order valence-electron chi connectivity index (χ4n) is 1.87. The van der Waals surface area contributed by atoms with Crippen LogP contribution in [0.15, 0.2) is 42.5 Å². The highest BCUT2D eigenvalue weighted by Gasteiger charge is 1.93. The summed E-state index contributed by atoms with van der Waals surface area (Å²) in [4.78, 5) is 0. The standard InChI is InChI=1S/C17H16O/c1-13-10-14(2)12-16(11-13)5-4-15-6-8-17(18-3)9-7-15/h6-12H,1-3H3. The molecule has 0 spiro atoms. The maximum Gasteiger partial charge on any atom is 0.118 e. The minimum Gasteiger partial charge on any atom is -0.497 e. The van der Waals surface area contributed by atoms with Crippen LogP contribution in [0.1, 0.15) is 22.3 Å². The first kappa shape index (κ1) is 12.3. The molecule has 0 saturated heterocycles. The topological polar surface area (TPSA) is 9.23 Å². The van der Waals surface area contributed by atoms with Crippen LogP contribution in [-0.2, 0) is 0 Å². The van der Waals surface area contributed by atoms with Gasteiger partial charge in [-0.1, -0.05) is 17.9 Å². The fraction of sp³-hybridized carbons (Fsp3) is 0.176. The molecule has 0 bridgehead atoms. The number of aryl methyl sites for hydroxylation is 2. The van der Waals surface area contributed by atoms with Gasteiger partial charge in [0.05, 0.1) is 7.11 Å². The summed E-state index contributed by atoms with van der Waals surface area (Å²) in [6.45, 7) is 4.18. The largest absolute Gasteiger partial charge is 0.497 e. The Morgan fingerprint density at radius 1 is 0.778 bits per heavy atom. The highest BCUT2D eigenvalue weighted by Crippen LogP contribution is 2.11. The third kappa shape index (κ3) is 3.15. The molecule has 1 nitrogen and oxygen atoms in total. The maximum atomic E-state index is 5.12. The van der Waals surface area contributed by atoms with Crippen LogP contribution in [0.25, 0.3) is 0 Å². The summed E-state index contributed by atoms with van der Waals surface area (Å²) < 4.78 is 5.12. The summed E-state index contributed by atoms with van der Waals surface area (Å²) in [7, 11) is 1.66. The molecular formula is C17H16O. The molecule has 0 aliphatic heterocycles. The monoisotopic (exact) mass is 236 g/mol. The van der Waals surface area contributed by atoms with Gasteiger partial charge in [0.2, 0.25) is 0 Å². The van der Waals surface area contributed by atoms with E-state index < -0.39 is 0 Å². The van der Waals surface area contributed by atoms with Crippen LogP contribution in [-0.4, -0.2) is 7.11 Å². The minimum absolute atomic E-state index is 0.854. The lowest BCUT2D eigenvalue weighted by atomic mass is 10.1. The van der Waals surface area contributed by atoms with E-state index in [0.29, 0.717) is 0 Å². The Labute approximate surface area is 108 Å². The van der Waals surface area contributed by atoms with Crippen LogP contribution in [0.4, 0.5) is 0 Å². The van der Waals surface area contributed by atoms with Crippen LogP contribution in [0.2, 0.25) is 0 Å². The quantitative estimate of drug-likeness (QED) is 0.686. The number of hydrogen-bond donors (Lipinski definition) is 0. The van der Waals surface area contributed by atoms with E-state index in [-0.39, 0.29) is 0 Å². The zero-order valence-corrected chi connectivity index (χ0v) is 10.9. The molecule has 0 aromatic heterocycles. The van der Waals surface area contributed by atoms with Gasteiger partial charge in [-0.05, 0) is 61.4 Å². The molecule has 2 aromatic carbocycles. The molecule has 90 valence electrons. The Morgan fingerprint density at radius 2 is 1.33 bits per heavy atom. The first-order valence-corrected chi connectivity index (χ1v) is 5.92.